The van der Waals surface area contributed by atoms with Crippen LogP contribution in [0.25, 0.3) is 0 Å². The van der Waals surface area contributed by atoms with Gasteiger partial charge in [0.1, 0.15) is 17.3 Å². The van der Waals surface area contributed by atoms with Gasteiger partial charge in [-0.15, -0.1) is 0 Å². The van der Waals surface area contributed by atoms with Crippen molar-refractivity contribution in [3.63, 3.8) is 0 Å². The van der Waals surface area contributed by atoms with Crippen LogP contribution in [-0.4, -0.2) is 5.11 Å². The summed E-state index contributed by atoms with van der Waals surface area (Å²) < 4.78 is 18.7. The third kappa shape index (κ3) is 2.85. The number of aliphatic hydroxyl groups excluding tert-OH is 1. The van der Waals surface area contributed by atoms with Crippen molar-refractivity contribution in [2.24, 2.45) is 5.73 Å². The lowest BCUT2D eigenvalue weighted by Crippen LogP contribution is -2.00. The van der Waals surface area contributed by atoms with Gasteiger partial charge in [0.2, 0.25) is 0 Å². The Hall–Kier alpha value is -1.91. The van der Waals surface area contributed by atoms with Crippen LogP contribution in [0, 0.1) is 5.82 Å². The molecule has 0 spiro atoms. The van der Waals surface area contributed by atoms with Crippen molar-refractivity contribution >= 4 is 0 Å². The van der Waals surface area contributed by atoms with E-state index in [9.17, 15) is 4.39 Å². The largest absolute Gasteiger partial charge is 0.457 e. The predicted molar refractivity (Wildman–Crippen MR) is 66.7 cm³/mol. The molecule has 2 aromatic rings. The van der Waals surface area contributed by atoms with E-state index >= 15 is 0 Å². The first-order valence-corrected chi connectivity index (χ1v) is 5.59. The molecule has 0 aliphatic heterocycles. The van der Waals surface area contributed by atoms with Crippen molar-refractivity contribution in [2.45, 2.75) is 13.2 Å². The summed E-state index contributed by atoms with van der Waals surface area (Å²) in [7, 11) is 0. The first-order chi connectivity index (χ1) is 8.72. The van der Waals surface area contributed by atoms with E-state index in [4.69, 9.17) is 15.6 Å². The summed E-state index contributed by atoms with van der Waals surface area (Å²) in [5.41, 5.74) is 6.90. The zero-order valence-corrected chi connectivity index (χ0v) is 9.77. The molecule has 0 saturated heterocycles. The van der Waals surface area contributed by atoms with Gasteiger partial charge >= 0.3 is 0 Å². The van der Waals surface area contributed by atoms with Gasteiger partial charge in [-0.25, -0.2) is 4.39 Å². The highest BCUT2D eigenvalue weighted by atomic mass is 19.1. The minimum atomic E-state index is -0.341. The maximum atomic E-state index is 13.0. The van der Waals surface area contributed by atoms with E-state index in [1.807, 2.05) is 0 Å². The van der Waals surface area contributed by atoms with Crippen LogP contribution in [0.5, 0.6) is 11.5 Å². The molecule has 0 fully saturated rings. The molecule has 0 radical (unpaired) electrons. The van der Waals surface area contributed by atoms with Crippen molar-refractivity contribution in [2.75, 3.05) is 0 Å². The van der Waals surface area contributed by atoms with Gasteiger partial charge in [-0.2, -0.15) is 0 Å². The number of benzene rings is 2. The van der Waals surface area contributed by atoms with E-state index < -0.39 is 0 Å². The minimum Gasteiger partial charge on any atom is -0.457 e. The lowest BCUT2D eigenvalue weighted by molar-refractivity contribution is 0.281. The first kappa shape index (κ1) is 12.5. The lowest BCUT2D eigenvalue weighted by atomic mass is 10.2. The highest BCUT2D eigenvalue weighted by Crippen LogP contribution is 2.26. The van der Waals surface area contributed by atoms with Gasteiger partial charge < -0.3 is 15.6 Å². The first-order valence-electron chi connectivity index (χ1n) is 5.59. The molecule has 3 nitrogen and oxygen atoms in total. The second-order valence-corrected chi connectivity index (χ2v) is 3.86. The fourth-order valence-electron chi connectivity index (χ4n) is 1.64. The van der Waals surface area contributed by atoms with Crippen LogP contribution in [0.1, 0.15) is 11.1 Å². The topological polar surface area (TPSA) is 55.5 Å². The van der Waals surface area contributed by atoms with Crippen molar-refractivity contribution in [3.05, 3.63) is 59.4 Å². The number of hydrogen-bond donors (Lipinski definition) is 2. The Labute approximate surface area is 105 Å². The Kier molecular flexibility index (Phi) is 3.92. The summed E-state index contributed by atoms with van der Waals surface area (Å²) in [5.74, 6) is 0.767. The Morgan fingerprint density at radius 2 is 2.00 bits per heavy atom. The number of rotatable bonds is 4. The average molecular weight is 247 g/mol. The molecular weight excluding hydrogens is 233 g/mol. The number of hydrogen-bond acceptors (Lipinski definition) is 3. The van der Waals surface area contributed by atoms with E-state index in [0.717, 1.165) is 5.56 Å². The SMILES string of the molecule is NCc1cc(F)ccc1Oc1cccc(CO)c1. The second-order valence-electron chi connectivity index (χ2n) is 3.86. The average Bonchev–Trinajstić information content (AvgIpc) is 2.41. The summed E-state index contributed by atoms with van der Waals surface area (Å²) in [6, 6.07) is 11.3. The fraction of sp³-hybridized carbons (Fsp3) is 0.143. The van der Waals surface area contributed by atoms with E-state index in [0.29, 0.717) is 17.1 Å². The van der Waals surface area contributed by atoms with Crippen LogP contribution >= 0.6 is 0 Å². The van der Waals surface area contributed by atoms with Crippen LogP contribution in [-0.2, 0) is 13.2 Å². The monoisotopic (exact) mass is 247 g/mol. The standard InChI is InChI=1S/C14H14FNO2/c15-12-4-5-14(11(7-12)8-16)18-13-3-1-2-10(6-13)9-17/h1-7,17H,8-9,16H2. The van der Waals surface area contributed by atoms with Gasteiger partial charge in [-0.3, -0.25) is 0 Å². The van der Waals surface area contributed by atoms with Crippen LogP contribution in [0.4, 0.5) is 4.39 Å². The number of nitrogens with two attached hydrogens (primary N) is 1. The summed E-state index contributed by atoms with van der Waals surface area (Å²) in [4.78, 5) is 0. The van der Waals surface area contributed by atoms with Gasteiger partial charge in [0, 0.05) is 12.1 Å². The Morgan fingerprint density at radius 1 is 1.17 bits per heavy atom. The van der Waals surface area contributed by atoms with Crippen LogP contribution in [0.2, 0.25) is 0 Å². The van der Waals surface area contributed by atoms with Crippen molar-refractivity contribution in [1.82, 2.24) is 0 Å². The molecule has 3 N–H and O–H groups in total. The molecule has 0 heterocycles. The molecule has 0 bridgehead atoms. The van der Waals surface area contributed by atoms with Gasteiger partial charge in [-0.1, -0.05) is 12.1 Å². The van der Waals surface area contributed by atoms with Crippen LogP contribution in [0.15, 0.2) is 42.5 Å². The highest BCUT2D eigenvalue weighted by Gasteiger charge is 2.05. The predicted octanol–water partition coefficient (Wildman–Crippen LogP) is 2.57. The molecule has 0 aliphatic carbocycles. The third-order valence-electron chi connectivity index (χ3n) is 2.55. The van der Waals surface area contributed by atoms with Crippen LogP contribution < -0.4 is 10.5 Å². The zero-order chi connectivity index (χ0) is 13.0. The molecule has 0 aliphatic rings. The fourth-order valence-corrected chi connectivity index (χ4v) is 1.64. The lowest BCUT2D eigenvalue weighted by Gasteiger charge is -2.10. The number of aliphatic hydroxyl groups is 1. The number of halogens is 1. The molecule has 2 rings (SSSR count). The van der Waals surface area contributed by atoms with Gasteiger partial charge in [0.15, 0.2) is 0 Å². The molecule has 0 unspecified atom stereocenters. The van der Waals surface area contributed by atoms with Crippen LogP contribution in [0.3, 0.4) is 0 Å². The minimum absolute atomic E-state index is 0.0512. The van der Waals surface area contributed by atoms with Crippen molar-refractivity contribution < 1.29 is 14.2 Å². The maximum absolute atomic E-state index is 13.0. The molecule has 4 heteroatoms. The van der Waals surface area contributed by atoms with Gasteiger partial charge in [-0.05, 0) is 35.9 Å². The van der Waals surface area contributed by atoms with E-state index in [2.05, 4.69) is 0 Å². The summed E-state index contributed by atoms with van der Waals surface area (Å²) >= 11 is 0. The Morgan fingerprint density at radius 3 is 2.72 bits per heavy atom. The molecule has 18 heavy (non-hydrogen) atoms. The molecule has 0 saturated carbocycles. The normalized spacial score (nSPS) is 10.4. The van der Waals surface area contributed by atoms with Gasteiger partial charge in [0.05, 0.1) is 6.61 Å². The Bertz CT molecular complexity index is 543. The second kappa shape index (κ2) is 5.62. The van der Waals surface area contributed by atoms with E-state index in [1.54, 1.807) is 30.3 Å². The quantitative estimate of drug-likeness (QED) is 0.873. The zero-order valence-electron chi connectivity index (χ0n) is 9.77. The van der Waals surface area contributed by atoms with Crippen molar-refractivity contribution in [3.8, 4) is 11.5 Å². The van der Waals surface area contributed by atoms with E-state index in [-0.39, 0.29) is 19.0 Å². The molecule has 0 amide bonds. The molecule has 94 valence electrons. The summed E-state index contributed by atoms with van der Waals surface area (Å²) in [6.07, 6.45) is 0. The van der Waals surface area contributed by atoms with Gasteiger partial charge in [0.25, 0.3) is 0 Å². The molecule has 0 atom stereocenters. The smallest absolute Gasteiger partial charge is 0.132 e. The molecule has 0 aromatic heterocycles. The molecular formula is C14H14FNO2. The number of ether oxygens (including phenoxy) is 1. The maximum Gasteiger partial charge on any atom is 0.132 e. The van der Waals surface area contributed by atoms with Crippen molar-refractivity contribution in [1.29, 1.82) is 0 Å². The third-order valence-corrected chi connectivity index (χ3v) is 2.55. The Balaban J connectivity index is 2.27. The van der Waals surface area contributed by atoms with E-state index in [1.165, 1.54) is 12.1 Å². The summed E-state index contributed by atoms with van der Waals surface area (Å²) in [5, 5.41) is 9.04. The molecule has 2 aromatic carbocycles. The highest BCUT2D eigenvalue weighted by molar-refractivity contribution is 5.39. The summed E-state index contributed by atoms with van der Waals surface area (Å²) in [6.45, 7) is 0.150.